The molecule has 0 aliphatic carbocycles. The summed E-state index contributed by atoms with van der Waals surface area (Å²) < 4.78 is 11.5. The van der Waals surface area contributed by atoms with Crippen molar-refractivity contribution in [1.29, 1.82) is 0 Å². The lowest BCUT2D eigenvalue weighted by Crippen LogP contribution is -2.66. The lowest BCUT2D eigenvalue weighted by molar-refractivity contribution is -0.306. The van der Waals surface area contributed by atoms with Crippen molar-refractivity contribution < 1.29 is 39.2 Å². The fraction of sp³-hybridized carbons (Fsp3) is 0.483. The van der Waals surface area contributed by atoms with Gasteiger partial charge in [0, 0.05) is 25.5 Å². The lowest BCUT2D eigenvalue weighted by Gasteiger charge is -2.46. The fourth-order valence-electron chi connectivity index (χ4n) is 4.57. The van der Waals surface area contributed by atoms with E-state index in [-0.39, 0.29) is 25.5 Å². The number of nitrogens with one attached hydrogen (secondary N) is 2. The minimum atomic E-state index is -2.18. The van der Waals surface area contributed by atoms with E-state index in [9.17, 15) is 29.7 Å². The van der Waals surface area contributed by atoms with Gasteiger partial charge < -0.3 is 35.4 Å². The van der Waals surface area contributed by atoms with Crippen molar-refractivity contribution in [1.82, 2.24) is 10.6 Å². The topological polar surface area (TPSA) is 154 Å². The number of amides is 2. The van der Waals surface area contributed by atoms with Crippen LogP contribution in [0.1, 0.15) is 43.5 Å². The first kappa shape index (κ1) is 31.6. The minimum Gasteiger partial charge on any atom is -0.477 e. The van der Waals surface area contributed by atoms with Crippen LogP contribution in [0.2, 0.25) is 0 Å². The normalized spacial score (nSPS) is 23.2. The number of rotatable bonds is 14. The summed E-state index contributed by atoms with van der Waals surface area (Å²) in [5.74, 6) is -2.74. The number of carboxylic acids is 1. The smallest absolute Gasteiger partial charge is 0.364 e. The second-order valence-corrected chi connectivity index (χ2v) is 11.0. The van der Waals surface area contributed by atoms with Crippen LogP contribution in [0.5, 0.6) is 0 Å². The predicted molar refractivity (Wildman–Crippen MR) is 152 cm³/mol. The first-order chi connectivity index (χ1) is 19.2. The molecule has 0 bridgehead atoms. The number of carbonyl (C=O) groups is 3. The average molecular weight is 575 g/mol. The van der Waals surface area contributed by atoms with Crippen LogP contribution in [0.4, 0.5) is 0 Å². The van der Waals surface area contributed by atoms with Crippen LogP contribution in [0.25, 0.3) is 11.1 Å². The maximum absolute atomic E-state index is 12.7. The van der Waals surface area contributed by atoms with Crippen LogP contribution < -0.4 is 10.6 Å². The molecule has 1 saturated heterocycles. The highest BCUT2D eigenvalue weighted by Gasteiger charge is 2.54. The molecule has 0 spiro atoms. The van der Waals surface area contributed by atoms with Crippen LogP contribution >= 0.6 is 11.8 Å². The number of hydrogen-bond donors (Lipinski definition) is 5. The van der Waals surface area contributed by atoms with Crippen LogP contribution in [0.15, 0.2) is 54.6 Å². The summed E-state index contributed by atoms with van der Waals surface area (Å²) in [6, 6.07) is 15.8. The molecule has 1 fully saturated rings. The summed E-state index contributed by atoms with van der Waals surface area (Å²) in [7, 11) is 0. The maximum Gasteiger partial charge on any atom is 0.364 e. The van der Waals surface area contributed by atoms with E-state index in [2.05, 4.69) is 10.6 Å². The molecule has 2 amide bonds. The van der Waals surface area contributed by atoms with Crippen LogP contribution in [0, 0.1) is 0 Å². The molecule has 11 heteroatoms. The van der Waals surface area contributed by atoms with Crippen LogP contribution in [0.3, 0.4) is 0 Å². The van der Waals surface area contributed by atoms with E-state index in [1.807, 2.05) is 49.4 Å². The zero-order valence-electron chi connectivity index (χ0n) is 22.7. The van der Waals surface area contributed by atoms with Crippen molar-refractivity contribution in [2.75, 3.05) is 24.7 Å². The van der Waals surface area contributed by atoms with E-state index in [1.165, 1.54) is 6.92 Å². The number of aliphatic hydroxyl groups is 2. The number of hydrogen-bond acceptors (Lipinski definition) is 8. The van der Waals surface area contributed by atoms with E-state index in [1.54, 1.807) is 23.9 Å². The number of carbonyl (C=O) groups excluding carboxylic acids is 2. The van der Waals surface area contributed by atoms with Crippen molar-refractivity contribution in [2.45, 2.75) is 63.3 Å². The molecule has 3 rings (SSSR count). The Balaban J connectivity index is 1.63. The van der Waals surface area contributed by atoms with Gasteiger partial charge in [-0.05, 0) is 47.6 Å². The number of aliphatic hydroxyl groups excluding tert-OH is 2. The SMILES string of the molecule is CCSCCCO[C@]1(C(=O)O)CC(O)[C@@H](NC(C)=O)[C@H]([C@H](O)CCNC(=O)c2ccc(-c3ccccc3)cc2)O1. The van der Waals surface area contributed by atoms with Crippen molar-refractivity contribution in [3.8, 4) is 11.1 Å². The van der Waals surface area contributed by atoms with Gasteiger partial charge in [-0.15, -0.1) is 0 Å². The van der Waals surface area contributed by atoms with Crippen molar-refractivity contribution in [3.05, 3.63) is 60.2 Å². The summed E-state index contributed by atoms with van der Waals surface area (Å²) in [5.41, 5.74) is 2.44. The van der Waals surface area contributed by atoms with Gasteiger partial charge in [-0.3, -0.25) is 9.59 Å². The molecule has 40 heavy (non-hydrogen) atoms. The van der Waals surface area contributed by atoms with Gasteiger partial charge in [-0.1, -0.05) is 49.4 Å². The standard InChI is InChI=1S/C29H38N2O8S/c1-3-40-17-7-16-38-29(28(36)37)18-24(34)25(31-19(2)32)26(39-29)23(33)14-15-30-27(35)22-12-10-21(11-13-22)20-8-5-4-6-9-20/h4-6,8-13,23-26,33-34H,3,7,14-18H2,1-2H3,(H,30,35)(H,31,32)(H,36,37)/t23-,24?,25-,26+,29-/m1/s1. The molecule has 10 nitrogen and oxygen atoms in total. The van der Waals surface area contributed by atoms with Gasteiger partial charge in [0.1, 0.15) is 6.10 Å². The Hall–Kier alpha value is -2.96. The Morgan fingerprint density at radius 2 is 1.80 bits per heavy atom. The first-order valence-electron chi connectivity index (χ1n) is 13.4. The maximum atomic E-state index is 12.7. The van der Waals surface area contributed by atoms with Gasteiger partial charge in [0.15, 0.2) is 0 Å². The third kappa shape index (κ3) is 8.52. The molecule has 0 saturated carbocycles. The molecule has 5 atom stereocenters. The molecule has 218 valence electrons. The second-order valence-electron chi connectivity index (χ2n) is 9.59. The number of benzene rings is 2. The van der Waals surface area contributed by atoms with Crippen LogP contribution in [-0.2, 0) is 19.1 Å². The van der Waals surface area contributed by atoms with E-state index < -0.39 is 48.4 Å². The Morgan fingerprint density at radius 1 is 1.12 bits per heavy atom. The van der Waals surface area contributed by atoms with Gasteiger partial charge in [-0.2, -0.15) is 11.8 Å². The number of thioether (sulfide) groups is 1. The van der Waals surface area contributed by atoms with E-state index in [4.69, 9.17) is 9.47 Å². The minimum absolute atomic E-state index is 0.0237. The summed E-state index contributed by atoms with van der Waals surface area (Å²) in [6.45, 7) is 3.39. The molecule has 0 radical (unpaired) electrons. The molecule has 1 unspecified atom stereocenters. The van der Waals surface area contributed by atoms with Gasteiger partial charge in [0.25, 0.3) is 11.7 Å². The Labute approximate surface area is 238 Å². The molecule has 1 heterocycles. The fourth-order valence-corrected chi connectivity index (χ4v) is 5.18. The first-order valence-corrected chi connectivity index (χ1v) is 14.5. The van der Waals surface area contributed by atoms with Crippen molar-refractivity contribution >= 4 is 29.5 Å². The van der Waals surface area contributed by atoms with Crippen molar-refractivity contribution in [3.63, 3.8) is 0 Å². The Bertz CT molecular complexity index is 1120. The summed E-state index contributed by atoms with van der Waals surface area (Å²) in [6.07, 6.45) is -3.84. The molecule has 2 aromatic carbocycles. The Morgan fingerprint density at radius 3 is 2.42 bits per heavy atom. The molecule has 1 aliphatic rings. The largest absolute Gasteiger partial charge is 0.477 e. The van der Waals surface area contributed by atoms with E-state index >= 15 is 0 Å². The van der Waals surface area contributed by atoms with Gasteiger partial charge in [-0.25, -0.2) is 4.79 Å². The highest BCUT2D eigenvalue weighted by atomic mass is 32.2. The van der Waals surface area contributed by atoms with Crippen molar-refractivity contribution in [2.24, 2.45) is 0 Å². The molecule has 1 aliphatic heterocycles. The quantitative estimate of drug-likeness (QED) is 0.214. The highest BCUT2D eigenvalue weighted by Crippen LogP contribution is 2.33. The molecular weight excluding hydrogens is 536 g/mol. The number of aliphatic carboxylic acids is 1. The molecule has 2 aromatic rings. The lowest BCUT2D eigenvalue weighted by atomic mass is 9.89. The third-order valence-electron chi connectivity index (χ3n) is 6.60. The zero-order valence-corrected chi connectivity index (χ0v) is 23.6. The zero-order chi connectivity index (χ0) is 29.1. The Kier molecular flexibility index (Phi) is 12.0. The predicted octanol–water partition coefficient (Wildman–Crippen LogP) is 2.43. The molecule has 5 N–H and O–H groups in total. The summed E-state index contributed by atoms with van der Waals surface area (Å²) in [4.78, 5) is 36.7. The molecular formula is C29H38N2O8S. The van der Waals surface area contributed by atoms with Gasteiger partial charge in [0.2, 0.25) is 5.91 Å². The number of ether oxygens (including phenoxy) is 2. The summed E-state index contributed by atoms with van der Waals surface area (Å²) in [5, 5.41) is 37.0. The monoisotopic (exact) mass is 574 g/mol. The average Bonchev–Trinajstić information content (AvgIpc) is 2.94. The summed E-state index contributed by atoms with van der Waals surface area (Å²) >= 11 is 1.68. The van der Waals surface area contributed by atoms with E-state index in [0.29, 0.717) is 12.0 Å². The van der Waals surface area contributed by atoms with Crippen LogP contribution in [-0.4, -0.2) is 87.9 Å². The second kappa shape index (κ2) is 15.2. The van der Waals surface area contributed by atoms with E-state index in [0.717, 1.165) is 22.6 Å². The number of carboxylic acid groups (broad SMARTS) is 1. The highest BCUT2D eigenvalue weighted by molar-refractivity contribution is 7.99. The van der Waals surface area contributed by atoms with Gasteiger partial charge >= 0.3 is 5.97 Å². The molecule has 0 aromatic heterocycles. The van der Waals surface area contributed by atoms with Gasteiger partial charge in [0.05, 0.1) is 24.9 Å². The third-order valence-corrected chi connectivity index (χ3v) is 7.59.